The summed E-state index contributed by atoms with van der Waals surface area (Å²) in [5, 5.41) is 8.45. The van der Waals surface area contributed by atoms with E-state index in [9.17, 15) is 4.79 Å². The van der Waals surface area contributed by atoms with Crippen LogP contribution in [-0.2, 0) is 4.79 Å². The van der Waals surface area contributed by atoms with Gasteiger partial charge in [0, 0.05) is 17.5 Å². The molecule has 0 heterocycles. The molecule has 2 aromatic rings. The number of rotatable bonds is 6. The lowest BCUT2D eigenvalue weighted by Gasteiger charge is -2.11. The van der Waals surface area contributed by atoms with Gasteiger partial charge in [-0.15, -0.1) is 11.8 Å². The zero-order chi connectivity index (χ0) is 14.4. The highest BCUT2D eigenvalue weighted by Crippen LogP contribution is 2.23. The molecule has 2 N–H and O–H groups in total. The second-order valence-corrected chi connectivity index (χ2v) is 5.84. The summed E-state index contributed by atoms with van der Waals surface area (Å²) in [4.78, 5) is 12.9. The molecule has 106 valence electrons. The normalized spacial score (nSPS) is 12.3. The van der Waals surface area contributed by atoms with Crippen molar-refractivity contribution < 1.29 is 4.79 Å². The van der Waals surface area contributed by atoms with Gasteiger partial charge in [0.2, 0.25) is 5.91 Å². The predicted octanol–water partition coefficient (Wildman–Crippen LogP) is 2.66. The maximum atomic E-state index is 11.7. The van der Waals surface area contributed by atoms with Crippen LogP contribution in [0.25, 0.3) is 10.8 Å². The first kappa shape index (κ1) is 14.9. The Bertz CT molecular complexity index is 585. The number of thioether (sulfide) groups is 1. The topological polar surface area (TPSA) is 41.1 Å². The first-order valence-corrected chi connectivity index (χ1v) is 7.73. The van der Waals surface area contributed by atoms with E-state index in [1.54, 1.807) is 11.8 Å². The van der Waals surface area contributed by atoms with Crippen molar-refractivity contribution in [3.05, 3.63) is 42.5 Å². The molecule has 1 atom stereocenters. The van der Waals surface area contributed by atoms with Crippen LogP contribution in [0.4, 0.5) is 0 Å². The fourth-order valence-electron chi connectivity index (χ4n) is 1.83. The Morgan fingerprint density at radius 2 is 1.95 bits per heavy atom. The predicted molar refractivity (Wildman–Crippen MR) is 86.2 cm³/mol. The Morgan fingerprint density at radius 1 is 1.20 bits per heavy atom. The third-order valence-electron chi connectivity index (χ3n) is 3.19. The molecule has 0 saturated carbocycles. The third-order valence-corrected chi connectivity index (χ3v) is 4.18. The molecule has 0 radical (unpaired) electrons. The van der Waals surface area contributed by atoms with Crippen LogP contribution < -0.4 is 10.6 Å². The van der Waals surface area contributed by atoms with Gasteiger partial charge in [0.05, 0.1) is 5.75 Å². The quantitative estimate of drug-likeness (QED) is 0.803. The van der Waals surface area contributed by atoms with E-state index in [1.165, 1.54) is 10.8 Å². The van der Waals surface area contributed by atoms with Gasteiger partial charge in [0.25, 0.3) is 0 Å². The smallest absolute Gasteiger partial charge is 0.230 e. The molecule has 20 heavy (non-hydrogen) atoms. The van der Waals surface area contributed by atoms with Gasteiger partial charge >= 0.3 is 0 Å². The lowest BCUT2D eigenvalue weighted by Crippen LogP contribution is -2.37. The molecule has 4 heteroatoms. The summed E-state index contributed by atoms with van der Waals surface area (Å²) in [5.41, 5.74) is 0. The number of carbonyl (C=O) groups excluding carboxylic acids is 1. The van der Waals surface area contributed by atoms with E-state index >= 15 is 0 Å². The van der Waals surface area contributed by atoms with Gasteiger partial charge in [-0.2, -0.15) is 0 Å². The van der Waals surface area contributed by atoms with E-state index in [-0.39, 0.29) is 5.91 Å². The summed E-state index contributed by atoms with van der Waals surface area (Å²) < 4.78 is 0. The van der Waals surface area contributed by atoms with Crippen molar-refractivity contribution in [2.45, 2.75) is 17.9 Å². The first-order chi connectivity index (χ1) is 9.69. The second kappa shape index (κ2) is 7.31. The molecular weight excluding hydrogens is 268 g/mol. The molecule has 0 aliphatic carbocycles. The van der Waals surface area contributed by atoms with E-state index in [0.717, 1.165) is 4.90 Å². The van der Waals surface area contributed by atoms with Crippen molar-refractivity contribution in [3.63, 3.8) is 0 Å². The molecule has 0 aliphatic heterocycles. The summed E-state index contributed by atoms with van der Waals surface area (Å²) in [7, 11) is 1.89. The Morgan fingerprint density at radius 3 is 2.70 bits per heavy atom. The second-order valence-electron chi connectivity index (χ2n) is 4.79. The van der Waals surface area contributed by atoms with Gasteiger partial charge in [-0.05, 0) is 36.9 Å². The fraction of sp³-hybridized carbons (Fsp3) is 0.312. The zero-order valence-electron chi connectivity index (χ0n) is 11.8. The highest BCUT2D eigenvalue weighted by Gasteiger charge is 2.05. The van der Waals surface area contributed by atoms with Gasteiger partial charge in [0.15, 0.2) is 0 Å². The van der Waals surface area contributed by atoms with Crippen LogP contribution in [0, 0.1) is 0 Å². The number of hydrogen-bond acceptors (Lipinski definition) is 3. The number of hydrogen-bond donors (Lipinski definition) is 2. The minimum atomic E-state index is 0.0743. The molecule has 1 unspecified atom stereocenters. The van der Waals surface area contributed by atoms with Crippen molar-refractivity contribution in [1.29, 1.82) is 0 Å². The summed E-state index contributed by atoms with van der Waals surface area (Å²) in [6.45, 7) is 2.70. The van der Waals surface area contributed by atoms with E-state index in [1.807, 2.05) is 26.1 Å². The standard InChI is InChI=1S/C16H20N2OS/c1-12(17-2)10-18-16(19)11-20-15-8-7-13-5-3-4-6-14(13)9-15/h3-9,12,17H,10-11H2,1-2H3,(H,18,19). The summed E-state index contributed by atoms with van der Waals surface area (Å²) in [6, 6.07) is 14.8. The van der Waals surface area contributed by atoms with Crippen LogP contribution >= 0.6 is 11.8 Å². The minimum absolute atomic E-state index is 0.0743. The fourth-order valence-corrected chi connectivity index (χ4v) is 2.60. The number of fused-ring (bicyclic) bond motifs is 1. The average molecular weight is 288 g/mol. The van der Waals surface area contributed by atoms with Gasteiger partial charge in [-0.25, -0.2) is 0 Å². The Balaban J connectivity index is 1.87. The molecule has 2 rings (SSSR count). The van der Waals surface area contributed by atoms with Crippen molar-refractivity contribution in [1.82, 2.24) is 10.6 Å². The van der Waals surface area contributed by atoms with Crippen LogP contribution in [-0.4, -0.2) is 31.3 Å². The van der Waals surface area contributed by atoms with Crippen molar-refractivity contribution in [2.75, 3.05) is 19.3 Å². The number of likely N-dealkylation sites (N-methyl/N-ethyl adjacent to an activating group) is 1. The number of carbonyl (C=O) groups is 1. The molecule has 0 bridgehead atoms. The summed E-state index contributed by atoms with van der Waals surface area (Å²) in [6.07, 6.45) is 0. The monoisotopic (exact) mass is 288 g/mol. The first-order valence-electron chi connectivity index (χ1n) is 6.74. The van der Waals surface area contributed by atoms with Gasteiger partial charge in [-0.3, -0.25) is 4.79 Å². The largest absolute Gasteiger partial charge is 0.354 e. The Kier molecular flexibility index (Phi) is 5.44. The van der Waals surface area contributed by atoms with Crippen LogP contribution in [0.2, 0.25) is 0 Å². The van der Waals surface area contributed by atoms with E-state index in [0.29, 0.717) is 18.3 Å². The molecule has 0 saturated heterocycles. The molecular formula is C16H20N2OS. The van der Waals surface area contributed by atoms with Crippen LogP contribution in [0.5, 0.6) is 0 Å². The molecule has 0 fully saturated rings. The summed E-state index contributed by atoms with van der Waals surface area (Å²) >= 11 is 1.57. The molecule has 3 nitrogen and oxygen atoms in total. The average Bonchev–Trinajstić information content (AvgIpc) is 2.50. The van der Waals surface area contributed by atoms with Crippen LogP contribution in [0.15, 0.2) is 47.4 Å². The van der Waals surface area contributed by atoms with Crippen molar-refractivity contribution in [3.8, 4) is 0 Å². The SMILES string of the molecule is CNC(C)CNC(=O)CSc1ccc2ccccc2c1. The highest BCUT2D eigenvalue weighted by atomic mass is 32.2. The minimum Gasteiger partial charge on any atom is -0.354 e. The number of benzene rings is 2. The number of nitrogens with one attached hydrogen (secondary N) is 2. The zero-order valence-corrected chi connectivity index (χ0v) is 12.7. The van der Waals surface area contributed by atoms with E-state index in [4.69, 9.17) is 0 Å². The molecule has 2 aromatic carbocycles. The van der Waals surface area contributed by atoms with Crippen LogP contribution in [0.3, 0.4) is 0 Å². The van der Waals surface area contributed by atoms with Gasteiger partial charge < -0.3 is 10.6 Å². The Hall–Kier alpha value is -1.52. The van der Waals surface area contributed by atoms with E-state index < -0.39 is 0 Å². The highest BCUT2D eigenvalue weighted by molar-refractivity contribution is 8.00. The summed E-state index contributed by atoms with van der Waals surface area (Å²) in [5.74, 6) is 0.527. The lowest BCUT2D eigenvalue weighted by molar-refractivity contribution is -0.118. The lowest BCUT2D eigenvalue weighted by atomic mass is 10.1. The Labute approximate surface area is 124 Å². The van der Waals surface area contributed by atoms with Crippen molar-refractivity contribution in [2.24, 2.45) is 0 Å². The van der Waals surface area contributed by atoms with Gasteiger partial charge in [0.1, 0.15) is 0 Å². The molecule has 0 aliphatic rings. The number of amides is 1. The van der Waals surface area contributed by atoms with Crippen LogP contribution in [0.1, 0.15) is 6.92 Å². The van der Waals surface area contributed by atoms with Crippen molar-refractivity contribution >= 4 is 28.4 Å². The van der Waals surface area contributed by atoms with E-state index in [2.05, 4.69) is 41.0 Å². The van der Waals surface area contributed by atoms with Gasteiger partial charge in [-0.1, -0.05) is 30.3 Å². The maximum absolute atomic E-state index is 11.7. The molecule has 0 aromatic heterocycles. The third kappa shape index (κ3) is 4.25. The maximum Gasteiger partial charge on any atom is 0.230 e. The molecule has 0 spiro atoms. The molecule has 1 amide bonds.